The van der Waals surface area contributed by atoms with Crippen LogP contribution in [0.1, 0.15) is 12.0 Å². The van der Waals surface area contributed by atoms with Gasteiger partial charge in [-0.25, -0.2) is 18.4 Å². The van der Waals surface area contributed by atoms with Gasteiger partial charge in [-0.2, -0.15) is 0 Å². The highest BCUT2D eigenvalue weighted by Crippen LogP contribution is 2.11. The molecule has 0 bridgehead atoms. The van der Waals surface area contributed by atoms with E-state index in [4.69, 9.17) is 9.88 Å². The zero-order valence-electron chi connectivity index (χ0n) is 10.8. The lowest BCUT2D eigenvalue weighted by molar-refractivity contribution is 0.189. The molecule has 1 aliphatic heterocycles. The van der Waals surface area contributed by atoms with Crippen molar-refractivity contribution in [3.8, 4) is 0 Å². The molecule has 0 spiro atoms. The molecule has 1 saturated heterocycles. The minimum Gasteiger partial charge on any atom is -0.379 e. The van der Waals surface area contributed by atoms with Gasteiger partial charge >= 0.3 is 6.03 Å². The minimum atomic E-state index is -3.54. The summed E-state index contributed by atoms with van der Waals surface area (Å²) in [7, 11) is -3.54. The molecule has 0 saturated carbocycles. The Morgan fingerprint density at radius 1 is 1.35 bits per heavy atom. The number of nitrogens with one attached hydrogen (secondary N) is 2. The molecule has 1 heterocycles. The maximum Gasteiger partial charge on any atom is 0.319 e. The number of hydrogen-bond donors (Lipinski definition) is 3. The Hall–Kier alpha value is -1.64. The monoisotopic (exact) mass is 299 g/mol. The molecule has 20 heavy (non-hydrogen) atoms. The Kier molecular flexibility index (Phi) is 4.58. The second-order valence-electron chi connectivity index (χ2n) is 4.66. The fraction of sp³-hybridized carbons (Fsp3) is 0.417. The molecule has 1 fully saturated rings. The third-order valence-electron chi connectivity index (χ3n) is 2.84. The number of carbonyl (C=O) groups is 1. The average molecular weight is 299 g/mol. The lowest BCUT2D eigenvalue weighted by Gasteiger charge is -2.12. The average Bonchev–Trinajstić information content (AvgIpc) is 2.82. The van der Waals surface area contributed by atoms with Crippen LogP contribution in [-0.2, 0) is 20.5 Å². The molecule has 1 atom stereocenters. The first-order valence-electron chi connectivity index (χ1n) is 6.17. The lowest BCUT2D eigenvalue weighted by Crippen LogP contribution is -2.38. The van der Waals surface area contributed by atoms with Crippen LogP contribution in [0.25, 0.3) is 0 Å². The van der Waals surface area contributed by atoms with Gasteiger partial charge in [0.05, 0.1) is 18.4 Å². The Bertz CT molecular complexity index is 565. The number of urea groups is 1. The van der Waals surface area contributed by atoms with Gasteiger partial charge in [0, 0.05) is 12.3 Å². The van der Waals surface area contributed by atoms with Gasteiger partial charge in [0.1, 0.15) is 0 Å². The molecule has 2 amide bonds. The first-order chi connectivity index (χ1) is 9.42. The number of amides is 2. The van der Waals surface area contributed by atoms with Gasteiger partial charge in [-0.15, -0.1) is 0 Å². The second-order valence-corrected chi connectivity index (χ2v) is 6.28. The van der Waals surface area contributed by atoms with Crippen molar-refractivity contribution in [1.82, 2.24) is 5.32 Å². The van der Waals surface area contributed by atoms with Crippen LogP contribution in [0, 0.1) is 0 Å². The van der Waals surface area contributed by atoms with Crippen LogP contribution in [-0.4, -0.2) is 33.7 Å². The Morgan fingerprint density at radius 3 is 2.60 bits per heavy atom. The molecule has 7 nitrogen and oxygen atoms in total. The third-order valence-corrected chi connectivity index (χ3v) is 3.58. The molecule has 1 aromatic carbocycles. The van der Waals surface area contributed by atoms with Crippen LogP contribution in [0.3, 0.4) is 0 Å². The fourth-order valence-electron chi connectivity index (χ4n) is 1.92. The summed E-state index contributed by atoms with van der Waals surface area (Å²) in [6, 6.07) is 6.21. The number of nitrogens with two attached hydrogens (primary N) is 1. The molecule has 110 valence electrons. The van der Waals surface area contributed by atoms with E-state index in [0.717, 1.165) is 6.42 Å². The fourth-order valence-corrected chi connectivity index (χ4v) is 2.57. The summed E-state index contributed by atoms with van der Waals surface area (Å²) in [5, 5.41) is 10.4. The summed E-state index contributed by atoms with van der Waals surface area (Å²) >= 11 is 0. The third kappa shape index (κ3) is 4.80. The highest BCUT2D eigenvalue weighted by Gasteiger charge is 2.17. The maximum absolute atomic E-state index is 11.7. The highest BCUT2D eigenvalue weighted by atomic mass is 32.2. The molecular weight excluding hydrogens is 282 g/mol. The van der Waals surface area contributed by atoms with E-state index in [1.807, 2.05) is 0 Å². The molecule has 4 N–H and O–H groups in total. The maximum atomic E-state index is 11.7. The van der Waals surface area contributed by atoms with Crippen molar-refractivity contribution in [3.05, 3.63) is 29.8 Å². The van der Waals surface area contributed by atoms with E-state index in [9.17, 15) is 13.2 Å². The largest absolute Gasteiger partial charge is 0.379 e. The highest BCUT2D eigenvalue weighted by molar-refractivity contribution is 7.88. The molecule has 0 aliphatic carbocycles. The van der Waals surface area contributed by atoms with Crippen molar-refractivity contribution < 1.29 is 17.9 Å². The van der Waals surface area contributed by atoms with Gasteiger partial charge in [0.15, 0.2) is 0 Å². The molecule has 1 aliphatic rings. The Balaban J connectivity index is 1.88. The zero-order chi connectivity index (χ0) is 14.6. The summed E-state index contributed by atoms with van der Waals surface area (Å²) in [5.74, 6) is -0.223. The van der Waals surface area contributed by atoms with Crippen LogP contribution in [0.2, 0.25) is 0 Å². The van der Waals surface area contributed by atoms with Crippen molar-refractivity contribution >= 4 is 21.7 Å². The van der Waals surface area contributed by atoms with Crippen LogP contribution in [0.4, 0.5) is 10.5 Å². The molecule has 2 rings (SSSR count). The minimum absolute atomic E-state index is 0.0386. The van der Waals surface area contributed by atoms with E-state index in [0.29, 0.717) is 24.5 Å². The predicted octanol–water partition coefficient (Wildman–Crippen LogP) is 0.386. The predicted molar refractivity (Wildman–Crippen MR) is 74.6 cm³/mol. The number of primary sulfonamides is 1. The molecule has 1 unspecified atom stereocenters. The van der Waals surface area contributed by atoms with Crippen molar-refractivity contribution in [2.24, 2.45) is 5.14 Å². The van der Waals surface area contributed by atoms with Crippen molar-refractivity contribution in [2.75, 3.05) is 18.5 Å². The van der Waals surface area contributed by atoms with Gasteiger partial charge in [-0.3, -0.25) is 0 Å². The number of hydrogen-bond acceptors (Lipinski definition) is 4. The van der Waals surface area contributed by atoms with Gasteiger partial charge in [-0.05, 0) is 24.1 Å². The van der Waals surface area contributed by atoms with Crippen molar-refractivity contribution in [2.45, 2.75) is 18.2 Å². The van der Waals surface area contributed by atoms with E-state index in [2.05, 4.69) is 10.6 Å². The number of benzene rings is 1. The van der Waals surface area contributed by atoms with Gasteiger partial charge in [0.25, 0.3) is 0 Å². The summed E-state index contributed by atoms with van der Waals surface area (Å²) in [5.41, 5.74) is 1.15. The number of carbonyl (C=O) groups excluding carboxylic acids is 1. The summed E-state index contributed by atoms with van der Waals surface area (Å²) < 4.78 is 27.0. The topological polar surface area (TPSA) is 111 Å². The van der Waals surface area contributed by atoms with Gasteiger partial charge < -0.3 is 15.4 Å². The lowest BCUT2D eigenvalue weighted by atomic mass is 10.2. The number of ether oxygens (including phenoxy) is 1. The van der Waals surface area contributed by atoms with Crippen molar-refractivity contribution in [1.29, 1.82) is 0 Å². The standard InChI is InChI=1S/C12H17N3O4S/c13-20(17,18)8-9-1-3-10(4-2-9)14-12(16)15-11-5-6-19-7-11/h1-4,11H,5-8H2,(H2,13,17,18)(H2,14,15,16). The van der Waals surface area contributed by atoms with E-state index in [1.165, 1.54) is 0 Å². The van der Waals surface area contributed by atoms with Crippen molar-refractivity contribution in [3.63, 3.8) is 0 Å². The molecule has 0 radical (unpaired) electrons. The zero-order valence-corrected chi connectivity index (χ0v) is 11.7. The van der Waals surface area contributed by atoms with Crippen LogP contribution in [0.5, 0.6) is 0 Å². The molecule has 8 heteroatoms. The summed E-state index contributed by atoms with van der Waals surface area (Å²) in [6.45, 7) is 1.19. The van der Waals surface area contributed by atoms with E-state index in [1.54, 1.807) is 24.3 Å². The number of anilines is 1. The van der Waals surface area contributed by atoms with Crippen LogP contribution < -0.4 is 15.8 Å². The number of rotatable bonds is 4. The van der Waals surface area contributed by atoms with E-state index < -0.39 is 10.0 Å². The first-order valence-corrected chi connectivity index (χ1v) is 7.88. The normalized spacial score (nSPS) is 18.8. The Morgan fingerprint density at radius 2 is 2.05 bits per heavy atom. The molecule has 0 aromatic heterocycles. The molecular formula is C12H17N3O4S. The van der Waals surface area contributed by atoms with Gasteiger partial charge in [-0.1, -0.05) is 12.1 Å². The number of sulfonamides is 1. The summed E-state index contributed by atoms with van der Waals surface area (Å²) in [6.07, 6.45) is 0.806. The van der Waals surface area contributed by atoms with E-state index in [-0.39, 0.29) is 17.8 Å². The van der Waals surface area contributed by atoms with E-state index >= 15 is 0 Å². The van der Waals surface area contributed by atoms with Crippen LogP contribution in [0.15, 0.2) is 24.3 Å². The quantitative estimate of drug-likeness (QED) is 0.746. The smallest absolute Gasteiger partial charge is 0.319 e. The van der Waals surface area contributed by atoms with Crippen LogP contribution >= 0.6 is 0 Å². The SMILES string of the molecule is NS(=O)(=O)Cc1ccc(NC(=O)NC2CCOC2)cc1. The molecule has 1 aromatic rings. The summed E-state index contributed by atoms with van der Waals surface area (Å²) in [4.78, 5) is 11.7. The first kappa shape index (κ1) is 14.8. The Labute approximate surface area is 117 Å². The van der Waals surface area contributed by atoms with Gasteiger partial charge in [0.2, 0.25) is 10.0 Å². The second kappa shape index (κ2) is 6.21.